The summed E-state index contributed by atoms with van der Waals surface area (Å²) in [7, 11) is -3.18. The summed E-state index contributed by atoms with van der Waals surface area (Å²) >= 11 is 6.25. The molecule has 0 unspecified atom stereocenters. The predicted octanol–water partition coefficient (Wildman–Crippen LogP) is 3.61. The zero-order valence-corrected chi connectivity index (χ0v) is 12.8. The third-order valence-electron chi connectivity index (χ3n) is 3.69. The molecule has 0 spiro atoms. The van der Waals surface area contributed by atoms with Gasteiger partial charge < -0.3 is 0 Å². The second kappa shape index (κ2) is 6.25. The van der Waals surface area contributed by atoms with Crippen LogP contribution in [0.4, 0.5) is 0 Å². The van der Waals surface area contributed by atoms with Gasteiger partial charge in [-0.1, -0.05) is 42.6 Å². The lowest BCUT2D eigenvalue weighted by Gasteiger charge is -2.29. The van der Waals surface area contributed by atoms with Crippen LogP contribution in [0, 0.1) is 0 Å². The van der Waals surface area contributed by atoms with Crippen LogP contribution in [-0.2, 0) is 10.0 Å². The highest BCUT2D eigenvalue weighted by Crippen LogP contribution is 2.35. The second-order valence-electron chi connectivity index (χ2n) is 4.90. The molecule has 1 aliphatic rings. The van der Waals surface area contributed by atoms with Gasteiger partial charge in [-0.3, -0.25) is 0 Å². The number of sulfonamides is 1. The average Bonchev–Trinajstić information content (AvgIpc) is 2.65. The monoisotopic (exact) mass is 301 g/mol. The number of hydrogen-bond donors (Lipinski definition) is 0. The van der Waals surface area contributed by atoms with Gasteiger partial charge in [-0.05, 0) is 31.4 Å². The van der Waals surface area contributed by atoms with Crippen LogP contribution in [0.3, 0.4) is 0 Å². The highest BCUT2D eigenvalue weighted by atomic mass is 35.5. The van der Waals surface area contributed by atoms with E-state index in [0.717, 1.165) is 31.2 Å². The minimum absolute atomic E-state index is 0.110. The van der Waals surface area contributed by atoms with Crippen molar-refractivity contribution in [2.75, 3.05) is 12.3 Å². The summed E-state index contributed by atoms with van der Waals surface area (Å²) in [6.45, 7) is 2.30. The molecular formula is C14H20ClNO2S. The molecule has 0 saturated carbocycles. The van der Waals surface area contributed by atoms with Crippen molar-refractivity contribution in [1.29, 1.82) is 0 Å². The number of rotatable bonds is 3. The van der Waals surface area contributed by atoms with E-state index in [-0.39, 0.29) is 11.8 Å². The highest BCUT2D eigenvalue weighted by molar-refractivity contribution is 7.89. The highest BCUT2D eigenvalue weighted by Gasteiger charge is 2.31. The van der Waals surface area contributed by atoms with Gasteiger partial charge in [0.1, 0.15) is 0 Å². The molecule has 5 heteroatoms. The fraction of sp³-hybridized carbons (Fsp3) is 0.571. The fourth-order valence-corrected chi connectivity index (χ4v) is 4.24. The van der Waals surface area contributed by atoms with Gasteiger partial charge in [0.05, 0.1) is 11.8 Å². The Bertz CT molecular complexity index is 530. The van der Waals surface area contributed by atoms with Crippen LogP contribution in [0.5, 0.6) is 0 Å². The molecule has 3 nitrogen and oxygen atoms in total. The lowest BCUT2D eigenvalue weighted by Crippen LogP contribution is -2.36. The zero-order chi connectivity index (χ0) is 13.9. The Morgan fingerprint density at radius 2 is 2.00 bits per heavy atom. The predicted molar refractivity (Wildman–Crippen MR) is 78.8 cm³/mol. The van der Waals surface area contributed by atoms with Crippen LogP contribution in [0.15, 0.2) is 24.3 Å². The van der Waals surface area contributed by atoms with Crippen molar-refractivity contribution < 1.29 is 8.42 Å². The molecule has 0 aliphatic carbocycles. The van der Waals surface area contributed by atoms with Gasteiger partial charge in [0.15, 0.2) is 0 Å². The summed E-state index contributed by atoms with van der Waals surface area (Å²) in [4.78, 5) is 0. The molecule has 1 atom stereocenters. The first kappa shape index (κ1) is 14.8. The molecule has 1 fully saturated rings. The summed E-state index contributed by atoms with van der Waals surface area (Å²) in [6, 6.07) is 7.46. The van der Waals surface area contributed by atoms with Crippen LogP contribution in [0.2, 0.25) is 5.02 Å². The molecule has 19 heavy (non-hydrogen) atoms. The average molecular weight is 302 g/mol. The molecule has 1 aliphatic heterocycles. The largest absolute Gasteiger partial charge is 0.214 e. The Morgan fingerprint density at radius 3 is 2.68 bits per heavy atom. The maximum Gasteiger partial charge on any atom is 0.214 e. The molecule has 0 N–H and O–H groups in total. The summed E-state index contributed by atoms with van der Waals surface area (Å²) in [5, 5.41) is 0.658. The smallest absolute Gasteiger partial charge is 0.212 e. The Labute approximate surface area is 120 Å². The number of benzene rings is 1. The molecule has 106 valence electrons. The van der Waals surface area contributed by atoms with Crippen LogP contribution in [0.25, 0.3) is 0 Å². The first-order valence-electron chi connectivity index (χ1n) is 6.80. The number of nitrogens with zero attached hydrogens (tertiary/aromatic N) is 1. The van der Waals surface area contributed by atoms with Crippen molar-refractivity contribution in [2.24, 2.45) is 0 Å². The van der Waals surface area contributed by atoms with Gasteiger partial charge >= 0.3 is 0 Å². The third-order valence-corrected chi connectivity index (χ3v) is 5.92. The number of hydrogen-bond acceptors (Lipinski definition) is 2. The van der Waals surface area contributed by atoms with Crippen LogP contribution < -0.4 is 0 Å². The van der Waals surface area contributed by atoms with E-state index in [0.29, 0.717) is 11.6 Å². The van der Waals surface area contributed by atoms with Gasteiger partial charge in [-0.2, -0.15) is 4.31 Å². The topological polar surface area (TPSA) is 37.4 Å². The summed E-state index contributed by atoms with van der Waals surface area (Å²) < 4.78 is 26.2. The van der Waals surface area contributed by atoms with Gasteiger partial charge in [-0.25, -0.2) is 8.42 Å². The van der Waals surface area contributed by atoms with E-state index in [1.165, 1.54) is 0 Å². The van der Waals surface area contributed by atoms with E-state index in [9.17, 15) is 8.42 Å². The summed E-state index contributed by atoms with van der Waals surface area (Å²) in [5.74, 6) is 0.147. The van der Waals surface area contributed by atoms with Gasteiger partial charge in [0.25, 0.3) is 0 Å². The molecule has 0 radical (unpaired) electrons. The van der Waals surface area contributed by atoms with Crippen molar-refractivity contribution >= 4 is 21.6 Å². The SMILES string of the molecule is CCS(=O)(=O)N1CCCCC[C@@H]1c1ccccc1Cl. The van der Waals surface area contributed by atoms with Crippen LogP contribution in [0.1, 0.15) is 44.2 Å². The van der Waals surface area contributed by atoms with E-state index < -0.39 is 10.0 Å². The minimum Gasteiger partial charge on any atom is -0.212 e. The normalized spacial score (nSPS) is 22.1. The maximum atomic E-state index is 12.3. The zero-order valence-electron chi connectivity index (χ0n) is 11.2. The van der Waals surface area contributed by atoms with Gasteiger partial charge in [0, 0.05) is 11.6 Å². The molecule has 1 aromatic carbocycles. The third kappa shape index (κ3) is 3.30. The van der Waals surface area contributed by atoms with Crippen LogP contribution >= 0.6 is 11.6 Å². The molecule has 1 saturated heterocycles. The van der Waals surface area contributed by atoms with E-state index >= 15 is 0 Å². The molecular weight excluding hydrogens is 282 g/mol. The lowest BCUT2D eigenvalue weighted by molar-refractivity contribution is 0.329. The van der Waals surface area contributed by atoms with Crippen LogP contribution in [-0.4, -0.2) is 25.0 Å². The number of halogens is 1. The lowest BCUT2D eigenvalue weighted by atomic mass is 10.0. The van der Waals surface area contributed by atoms with Gasteiger partial charge in [-0.15, -0.1) is 0 Å². The Morgan fingerprint density at radius 1 is 1.26 bits per heavy atom. The van der Waals surface area contributed by atoms with E-state index in [1.807, 2.05) is 24.3 Å². The first-order valence-corrected chi connectivity index (χ1v) is 8.79. The summed E-state index contributed by atoms with van der Waals surface area (Å²) in [5.41, 5.74) is 0.933. The maximum absolute atomic E-state index is 12.3. The quantitative estimate of drug-likeness (QED) is 0.855. The molecule has 0 bridgehead atoms. The minimum atomic E-state index is -3.18. The van der Waals surface area contributed by atoms with Crippen molar-refractivity contribution in [3.05, 3.63) is 34.9 Å². The van der Waals surface area contributed by atoms with E-state index in [2.05, 4.69) is 0 Å². The molecule has 1 heterocycles. The Balaban J connectivity index is 2.41. The molecule has 2 rings (SSSR count). The molecule has 1 aromatic rings. The fourth-order valence-electron chi connectivity index (χ4n) is 2.64. The van der Waals surface area contributed by atoms with Gasteiger partial charge in [0.2, 0.25) is 10.0 Å². The van der Waals surface area contributed by atoms with Crippen molar-refractivity contribution in [1.82, 2.24) is 4.31 Å². The van der Waals surface area contributed by atoms with Crippen molar-refractivity contribution in [3.63, 3.8) is 0 Å². The summed E-state index contributed by atoms with van der Waals surface area (Å²) in [6.07, 6.45) is 3.91. The Kier molecular flexibility index (Phi) is 4.87. The molecule has 0 aromatic heterocycles. The first-order chi connectivity index (χ1) is 9.06. The van der Waals surface area contributed by atoms with E-state index in [1.54, 1.807) is 11.2 Å². The Hall–Kier alpha value is -0.580. The second-order valence-corrected chi connectivity index (χ2v) is 7.52. The molecule has 0 amide bonds. The van der Waals surface area contributed by atoms with Crippen molar-refractivity contribution in [3.8, 4) is 0 Å². The van der Waals surface area contributed by atoms with E-state index in [4.69, 9.17) is 11.6 Å². The standard InChI is InChI=1S/C14H20ClNO2S/c1-2-19(17,18)16-11-7-3-4-10-14(16)12-8-5-6-9-13(12)15/h5-6,8-9,14H,2-4,7,10-11H2,1H3/t14-/m1/s1. The van der Waals surface area contributed by atoms with Crippen molar-refractivity contribution in [2.45, 2.75) is 38.6 Å².